The van der Waals surface area contributed by atoms with E-state index < -0.39 is 0 Å². The standard InChI is InChI=1S/C33H31N2O/c1-21(2)25-16-11-12-23(4)31(25)35-20-28(34(5)33(35)24-13-7-6-8-14-24)30-22(3)18-19-27-26-15-9-10-17-29(26)36-32(27)30/h6-21H,1-5H3/q+1. The van der Waals surface area contributed by atoms with E-state index in [9.17, 15) is 0 Å². The molecule has 0 aliphatic heterocycles. The molecule has 2 aromatic heterocycles. The fourth-order valence-corrected chi connectivity index (χ4v) is 5.55. The summed E-state index contributed by atoms with van der Waals surface area (Å²) in [7, 11) is 2.17. The third kappa shape index (κ3) is 3.38. The Labute approximate surface area is 212 Å². The molecule has 0 saturated carbocycles. The first-order chi connectivity index (χ1) is 17.5. The van der Waals surface area contributed by atoms with Crippen LogP contribution in [0, 0.1) is 13.8 Å². The van der Waals surface area contributed by atoms with Crippen LogP contribution in [0.15, 0.2) is 95.5 Å². The molecule has 0 bridgehead atoms. The van der Waals surface area contributed by atoms with Crippen molar-refractivity contribution in [3.05, 3.63) is 108 Å². The van der Waals surface area contributed by atoms with Crippen LogP contribution in [0.4, 0.5) is 0 Å². The minimum atomic E-state index is 0.403. The van der Waals surface area contributed by atoms with Gasteiger partial charge in [0.2, 0.25) is 0 Å². The summed E-state index contributed by atoms with van der Waals surface area (Å²) < 4.78 is 11.2. The first-order valence-electron chi connectivity index (χ1n) is 12.6. The number of aryl methyl sites for hydroxylation is 2. The summed E-state index contributed by atoms with van der Waals surface area (Å²) in [6.07, 6.45) is 2.30. The molecule has 0 radical (unpaired) electrons. The number of rotatable bonds is 4. The van der Waals surface area contributed by atoms with Crippen LogP contribution >= 0.6 is 0 Å². The van der Waals surface area contributed by atoms with Gasteiger partial charge in [0.1, 0.15) is 23.1 Å². The molecule has 36 heavy (non-hydrogen) atoms. The topological polar surface area (TPSA) is 21.9 Å². The number of para-hydroxylation sites is 2. The third-order valence-corrected chi connectivity index (χ3v) is 7.33. The molecule has 0 amide bonds. The summed E-state index contributed by atoms with van der Waals surface area (Å²) >= 11 is 0. The lowest BCUT2D eigenvalue weighted by Crippen LogP contribution is -2.34. The molecule has 0 aliphatic carbocycles. The van der Waals surface area contributed by atoms with E-state index in [4.69, 9.17) is 4.42 Å². The molecule has 3 nitrogen and oxygen atoms in total. The van der Waals surface area contributed by atoms with Crippen molar-refractivity contribution in [2.75, 3.05) is 0 Å². The first kappa shape index (κ1) is 22.4. The van der Waals surface area contributed by atoms with Crippen molar-refractivity contribution < 1.29 is 8.98 Å². The molecule has 6 rings (SSSR count). The Hall–Kier alpha value is -4.11. The van der Waals surface area contributed by atoms with Gasteiger partial charge in [0.25, 0.3) is 5.82 Å². The molecular formula is C33H31N2O+. The van der Waals surface area contributed by atoms with Crippen molar-refractivity contribution in [2.24, 2.45) is 7.05 Å². The van der Waals surface area contributed by atoms with Crippen LogP contribution in [0.1, 0.15) is 36.5 Å². The maximum absolute atomic E-state index is 6.50. The van der Waals surface area contributed by atoms with E-state index in [1.54, 1.807) is 0 Å². The van der Waals surface area contributed by atoms with Crippen LogP contribution < -0.4 is 4.57 Å². The number of benzene rings is 4. The van der Waals surface area contributed by atoms with Gasteiger partial charge in [-0.15, -0.1) is 0 Å². The maximum Gasteiger partial charge on any atom is 0.294 e. The molecule has 2 heterocycles. The van der Waals surface area contributed by atoms with E-state index in [1.807, 2.05) is 6.07 Å². The van der Waals surface area contributed by atoms with Crippen LogP contribution in [0.5, 0.6) is 0 Å². The van der Waals surface area contributed by atoms with Crippen LogP contribution in [-0.4, -0.2) is 4.57 Å². The van der Waals surface area contributed by atoms with Gasteiger partial charge in [0, 0.05) is 16.3 Å². The van der Waals surface area contributed by atoms with Gasteiger partial charge < -0.3 is 4.42 Å². The number of imidazole rings is 1. The monoisotopic (exact) mass is 471 g/mol. The van der Waals surface area contributed by atoms with E-state index >= 15 is 0 Å². The van der Waals surface area contributed by atoms with Gasteiger partial charge in [-0.25, -0.2) is 4.57 Å². The molecule has 6 aromatic rings. The largest absolute Gasteiger partial charge is 0.455 e. The maximum atomic E-state index is 6.50. The molecule has 4 aromatic carbocycles. The fraction of sp³-hybridized carbons (Fsp3) is 0.182. The predicted octanol–water partition coefficient (Wildman–Crippen LogP) is 8.28. The smallest absolute Gasteiger partial charge is 0.294 e. The van der Waals surface area contributed by atoms with Gasteiger partial charge in [0.15, 0.2) is 5.69 Å². The van der Waals surface area contributed by atoms with E-state index in [0.29, 0.717) is 5.92 Å². The van der Waals surface area contributed by atoms with Crippen molar-refractivity contribution in [2.45, 2.75) is 33.6 Å². The number of hydrogen-bond acceptors (Lipinski definition) is 1. The zero-order valence-corrected chi connectivity index (χ0v) is 21.5. The van der Waals surface area contributed by atoms with Crippen molar-refractivity contribution >= 4 is 21.9 Å². The van der Waals surface area contributed by atoms with Crippen LogP contribution in [0.3, 0.4) is 0 Å². The average molecular weight is 472 g/mol. The lowest BCUT2D eigenvalue weighted by Gasteiger charge is -2.13. The zero-order valence-electron chi connectivity index (χ0n) is 21.5. The lowest BCUT2D eigenvalue weighted by atomic mass is 9.97. The highest BCUT2D eigenvalue weighted by molar-refractivity contribution is 6.09. The summed E-state index contributed by atoms with van der Waals surface area (Å²) in [4.78, 5) is 0. The molecule has 0 N–H and O–H groups in total. The second kappa shape index (κ2) is 8.53. The highest BCUT2D eigenvalue weighted by Crippen LogP contribution is 2.39. The van der Waals surface area contributed by atoms with Crippen LogP contribution in [0.2, 0.25) is 0 Å². The normalized spacial score (nSPS) is 11.7. The molecule has 0 atom stereocenters. The highest BCUT2D eigenvalue weighted by atomic mass is 16.3. The van der Waals surface area contributed by atoms with E-state index in [-0.39, 0.29) is 0 Å². The van der Waals surface area contributed by atoms with Gasteiger partial charge in [-0.2, -0.15) is 4.57 Å². The van der Waals surface area contributed by atoms with Crippen LogP contribution in [0.25, 0.3) is 50.3 Å². The predicted molar refractivity (Wildman–Crippen MR) is 149 cm³/mol. The minimum absolute atomic E-state index is 0.403. The summed E-state index contributed by atoms with van der Waals surface area (Å²) in [5.41, 5.74) is 10.4. The molecule has 0 fully saturated rings. The van der Waals surface area contributed by atoms with Gasteiger partial charge in [0.05, 0.1) is 18.2 Å². The molecule has 3 heteroatoms. The third-order valence-electron chi connectivity index (χ3n) is 7.33. The van der Waals surface area contributed by atoms with Crippen molar-refractivity contribution in [1.82, 2.24) is 4.57 Å². The van der Waals surface area contributed by atoms with E-state index in [0.717, 1.165) is 39.0 Å². The number of nitrogens with zero attached hydrogens (tertiary/aromatic N) is 2. The molecular weight excluding hydrogens is 440 g/mol. The van der Waals surface area contributed by atoms with Crippen molar-refractivity contribution in [3.8, 4) is 28.3 Å². The SMILES string of the molecule is Cc1cccc(C(C)C)c1-[n+]1cc(-c2c(C)ccc3c2oc2ccccc23)n(C)c1-c1ccccc1. The Kier molecular flexibility index (Phi) is 5.30. The van der Waals surface area contributed by atoms with Gasteiger partial charge in [-0.05, 0) is 49.1 Å². The lowest BCUT2D eigenvalue weighted by molar-refractivity contribution is -0.583. The second-order valence-corrected chi connectivity index (χ2v) is 10.0. The van der Waals surface area contributed by atoms with Gasteiger partial charge >= 0.3 is 0 Å². The summed E-state index contributed by atoms with van der Waals surface area (Å²) in [6.45, 7) is 8.92. The Morgan fingerprint density at radius 2 is 1.50 bits per heavy atom. The molecule has 0 aliphatic rings. The number of fused-ring (bicyclic) bond motifs is 3. The number of aromatic nitrogens is 2. The van der Waals surface area contributed by atoms with Crippen molar-refractivity contribution in [1.29, 1.82) is 0 Å². The Morgan fingerprint density at radius 3 is 2.28 bits per heavy atom. The Bertz CT molecular complexity index is 1740. The quantitative estimate of drug-likeness (QED) is 0.237. The van der Waals surface area contributed by atoms with E-state index in [2.05, 4.69) is 129 Å². The molecule has 0 unspecified atom stereocenters. The molecule has 0 saturated heterocycles. The van der Waals surface area contributed by atoms with Gasteiger partial charge in [-0.3, -0.25) is 0 Å². The Balaban J connectivity index is 1.73. The fourth-order valence-electron chi connectivity index (χ4n) is 5.55. The number of furan rings is 1. The summed E-state index contributed by atoms with van der Waals surface area (Å²) in [6, 6.07) is 30.0. The molecule has 178 valence electrons. The minimum Gasteiger partial charge on any atom is -0.455 e. The first-order valence-corrected chi connectivity index (χ1v) is 12.6. The van der Waals surface area contributed by atoms with Crippen LogP contribution in [-0.2, 0) is 7.05 Å². The average Bonchev–Trinajstić information content (AvgIpc) is 3.42. The number of hydrogen-bond donors (Lipinski definition) is 0. The summed E-state index contributed by atoms with van der Waals surface area (Å²) in [5, 5.41) is 2.30. The summed E-state index contributed by atoms with van der Waals surface area (Å²) in [5.74, 6) is 1.55. The van der Waals surface area contributed by atoms with E-state index in [1.165, 1.54) is 27.9 Å². The van der Waals surface area contributed by atoms with Gasteiger partial charge in [-0.1, -0.05) is 80.6 Å². The Morgan fingerprint density at radius 1 is 0.750 bits per heavy atom. The second-order valence-electron chi connectivity index (χ2n) is 10.0. The highest BCUT2D eigenvalue weighted by Gasteiger charge is 2.30. The molecule has 0 spiro atoms. The zero-order chi connectivity index (χ0) is 25.0. The van der Waals surface area contributed by atoms with Crippen molar-refractivity contribution in [3.63, 3.8) is 0 Å².